The molecule has 0 radical (unpaired) electrons. The Labute approximate surface area is 148 Å². The lowest BCUT2D eigenvalue weighted by Crippen LogP contribution is -2.60. The number of nitrogens with zero attached hydrogens (tertiary/aromatic N) is 4. The van der Waals surface area contributed by atoms with Gasteiger partial charge in [0.1, 0.15) is 5.69 Å². The third-order valence-electron chi connectivity index (χ3n) is 5.17. The van der Waals surface area contributed by atoms with Crippen molar-refractivity contribution in [1.82, 2.24) is 19.6 Å². The third kappa shape index (κ3) is 3.34. The van der Waals surface area contributed by atoms with Gasteiger partial charge in [-0.3, -0.25) is 14.4 Å². The van der Waals surface area contributed by atoms with Crippen molar-refractivity contribution in [3.05, 3.63) is 17.5 Å². The summed E-state index contributed by atoms with van der Waals surface area (Å²) in [6.45, 7) is 1.53. The quantitative estimate of drug-likeness (QED) is 0.744. The van der Waals surface area contributed by atoms with Crippen molar-refractivity contribution in [2.75, 3.05) is 37.7 Å². The Morgan fingerprint density at radius 1 is 1.15 bits per heavy atom. The van der Waals surface area contributed by atoms with E-state index in [1.807, 2.05) is 4.90 Å². The number of carbonyl (C=O) groups is 1. The molecule has 1 unspecified atom stereocenters. The van der Waals surface area contributed by atoms with Crippen LogP contribution < -0.4 is 0 Å². The molecule has 2 saturated heterocycles. The summed E-state index contributed by atoms with van der Waals surface area (Å²) in [4.78, 5) is 16.3. The van der Waals surface area contributed by atoms with Gasteiger partial charge in [-0.25, -0.2) is 8.42 Å². The summed E-state index contributed by atoms with van der Waals surface area (Å²) >= 11 is 0. The van der Waals surface area contributed by atoms with Crippen molar-refractivity contribution in [1.29, 1.82) is 0 Å². The maximum absolute atomic E-state index is 13.0. The largest absolute Gasteiger partial charge is 0.435 e. The number of sulfone groups is 1. The van der Waals surface area contributed by atoms with Crippen molar-refractivity contribution in [2.24, 2.45) is 0 Å². The topological polar surface area (TPSA) is 75.5 Å². The monoisotopic (exact) mass is 392 g/mol. The maximum Gasteiger partial charge on any atom is 0.435 e. The van der Waals surface area contributed by atoms with E-state index in [1.165, 1.54) is 9.58 Å². The number of aromatic nitrogens is 2. The highest BCUT2D eigenvalue weighted by Gasteiger charge is 2.41. The molecule has 3 aliphatic rings. The SMILES string of the molecule is O=C(c1cc(C(F)(F)F)nn1C1CC1)N1CCN2CCS(=O)(=O)CC2C1. The molecule has 7 nitrogen and oxygen atoms in total. The van der Waals surface area contributed by atoms with Gasteiger partial charge in [0.25, 0.3) is 5.91 Å². The van der Waals surface area contributed by atoms with E-state index in [0.29, 0.717) is 32.5 Å². The van der Waals surface area contributed by atoms with E-state index >= 15 is 0 Å². The number of rotatable bonds is 2. The summed E-state index contributed by atoms with van der Waals surface area (Å²) in [7, 11) is -3.14. The van der Waals surface area contributed by atoms with Gasteiger partial charge in [0.2, 0.25) is 0 Å². The van der Waals surface area contributed by atoms with Gasteiger partial charge in [0, 0.05) is 38.3 Å². The first-order valence-electron chi connectivity index (χ1n) is 8.54. The number of piperazine rings is 1. The second kappa shape index (κ2) is 5.95. The van der Waals surface area contributed by atoms with Crippen LogP contribution in [0.5, 0.6) is 0 Å². The fourth-order valence-corrected chi connectivity index (χ4v) is 5.20. The lowest BCUT2D eigenvalue weighted by atomic mass is 10.1. The molecule has 3 fully saturated rings. The van der Waals surface area contributed by atoms with Gasteiger partial charge >= 0.3 is 6.18 Å². The minimum atomic E-state index is -4.61. The van der Waals surface area contributed by atoms with Crippen LogP contribution in [0.15, 0.2) is 6.07 Å². The predicted molar refractivity (Wildman–Crippen MR) is 85.4 cm³/mol. The number of carbonyl (C=O) groups excluding carboxylic acids is 1. The molecule has 11 heteroatoms. The summed E-state index contributed by atoms with van der Waals surface area (Å²) in [6, 6.07) is 0.345. The van der Waals surface area contributed by atoms with Crippen LogP contribution in [-0.2, 0) is 16.0 Å². The molecular formula is C15H19F3N4O3S. The highest BCUT2D eigenvalue weighted by atomic mass is 32.2. The molecule has 1 aromatic rings. The second-order valence-corrected chi connectivity index (χ2v) is 9.37. The number of alkyl halides is 3. The van der Waals surface area contributed by atoms with Crippen molar-refractivity contribution < 1.29 is 26.4 Å². The Hall–Kier alpha value is -1.62. The fraction of sp³-hybridized carbons (Fsp3) is 0.733. The highest BCUT2D eigenvalue weighted by Crippen LogP contribution is 2.38. The molecule has 26 heavy (non-hydrogen) atoms. The van der Waals surface area contributed by atoms with Crippen molar-refractivity contribution >= 4 is 15.7 Å². The van der Waals surface area contributed by atoms with Crippen molar-refractivity contribution in [3.63, 3.8) is 0 Å². The lowest BCUT2D eigenvalue weighted by molar-refractivity contribution is -0.141. The normalized spacial score (nSPS) is 26.6. The zero-order valence-corrected chi connectivity index (χ0v) is 14.8. The van der Waals surface area contributed by atoms with E-state index in [0.717, 1.165) is 6.07 Å². The maximum atomic E-state index is 13.0. The van der Waals surface area contributed by atoms with Crippen LogP contribution in [0.1, 0.15) is 35.1 Å². The summed E-state index contributed by atoms with van der Waals surface area (Å²) in [5, 5.41) is 3.60. The zero-order chi connectivity index (χ0) is 18.7. The van der Waals surface area contributed by atoms with Crippen LogP contribution >= 0.6 is 0 Å². The van der Waals surface area contributed by atoms with Crippen LogP contribution in [0.25, 0.3) is 0 Å². The van der Waals surface area contributed by atoms with E-state index in [9.17, 15) is 26.4 Å². The number of amides is 1. The van der Waals surface area contributed by atoms with E-state index < -0.39 is 27.6 Å². The average Bonchev–Trinajstić information content (AvgIpc) is 3.29. The summed E-state index contributed by atoms with van der Waals surface area (Å²) < 4.78 is 63.9. The van der Waals surface area contributed by atoms with Crippen LogP contribution in [0, 0.1) is 0 Å². The molecule has 1 amide bonds. The molecule has 1 saturated carbocycles. The molecule has 1 atom stereocenters. The first-order chi connectivity index (χ1) is 12.1. The molecular weight excluding hydrogens is 373 g/mol. The predicted octanol–water partition coefficient (Wildman–Crippen LogP) is 0.792. The fourth-order valence-electron chi connectivity index (χ4n) is 3.61. The van der Waals surface area contributed by atoms with Gasteiger partial charge in [-0.15, -0.1) is 0 Å². The van der Waals surface area contributed by atoms with Crippen LogP contribution in [-0.4, -0.2) is 77.6 Å². The van der Waals surface area contributed by atoms with Crippen LogP contribution in [0.3, 0.4) is 0 Å². The average molecular weight is 392 g/mol. The van der Waals surface area contributed by atoms with Gasteiger partial charge in [-0.05, 0) is 12.8 Å². The van der Waals surface area contributed by atoms with Crippen LogP contribution in [0.2, 0.25) is 0 Å². The molecule has 2 aliphatic heterocycles. The molecule has 3 heterocycles. The number of fused-ring (bicyclic) bond motifs is 1. The summed E-state index contributed by atoms with van der Waals surface area (Å²) in [6.07, 6.45) is -3.20. The van der Waals surface area contributed by atoms with Gasteiger partial charge in [0.05, 0.1) is 17.5 Å². The zero-order valence-electron chi connectivity index (χ0n) is 13.9. The van der Waals surface area contributed by atoms with Gasteiger partial charge < -0.3 is 4.90 Å². The molecule has 0 spiro atoms. The smallest absolute Gasteiger partial charge is 0.334 e. The van der Waals surface area contributed by atoms with E-state index in [2.05, 4.69) is 5.10 Å². The minimum absolute atomic E-state index is 0.0214. The minimum Gasteiger partial charge on any atom is -0.334 e. The molecule has 144 valence electrons. The molecule has 1 aromatic heterocycles. The first-order valence-corrected chi connectivity index (χ1v) is 10.4. The van der Waals surface area contributed by atoms with Gasteiger partial charge in [-0.2, -0.15) is 18.3 Å². The second-order valence-electron chi connectivity index (χ2n) is 7.14. The number of halogens is 3. The van der Waals surface area contributed by atoms with E-state index in [4.69, 9.17) is 0 Å². The Balaban J connectivity index is 1.57. The Morgan fingerprint density at radius 2 is 1.88 bits per heavy atom. The van der Waals surface area contributed by atoms with E-state index in [1.54, 1.807) is 0 Å². The highest BCUT2D eigenvalue weighted by molar-refractivity contribution is 7.91. The summed E-state index contributed by atoms with van der Waals surface area (Å²) in [5.41, 5.74) is -1.13. The first kappa shape index (κ1) is 17.8. The number of hydrogen-bond donors (Lipinski definition) is 0. The molecule has 0 aromatic carbocycles. The molecule has 4 rings (SSSR count). The number of hydrogen-bond acceptors (Lipinski definition) is 5. The Morgan fingerprint density at radius 3 is 2.54 bits per heavy atom. The third-order valence-corrected chi connectivity index (χ3v) is 6.86. The Bertz CT molecular complexity index is 832. The standard InChI is InChI=1S/C15H19F3N4O3S/c16-15(17,18)13-7-12(22(19-13)10-1-2-10)14(23)21-4-3-20-5-6-26(24,25)9-11(20)8-21/h7,10-11H,1-6,8-9H2. The molecule has 0 bridgehead atoms. The van der Waals surface area contributed by atoms with Gasteiger partial charge in [-0.1, -0.05) is 0 Å². The van der Waals surface area contributed by atoms with Crippen molar-refractivity contribution in [2.45, 2.75) is 31.1 Å². The van der Waals surface area contributed by atoms with Gasteiger partial charge in [0.15, 0.2) is 15.5 Å². The summed E-state index contributed by atoms with van der Waals surface area (Å²) in [5.74, 6) is -0.421. The molecule has 1 aliphatic carbocycles. The van der Waals surface area contributed by atoms with Crippen LogP contribution in [0.4, 0.5) is 13.2 Å². The Kier molecular flexibility index (Phi) is 4.07. The molecule has 0 N–H and O–H groups in total. The van der Waals surface area contributed by atoms with E-state index in [-0.39, 0.29) is 35.8 Å². The van der Waals surface area contributed by atoms with Crippen molar-refractivity contribution in [3.8, 4) is 0 Å². The lowest BCUT2D eigenvalue weighted by Gasteiger charge is -2.43.